The zero-order chi connectivity index (χ0) is 18.5. The van der Waals surface area contributed by atoms with E-state index in [1.54, 1.807) is 36.3 Å². The number of hydrogen-bond donors (Lipinski definition) is 2. The van der Waals surface area contributed by atoms with E-state index < -0.39 is 0 Å². The van der Waals surface area contributed by atoms with Gasteiger partial charge in [0.15, 0.2) is 0 Å². The number of ether oxygens (including phenoxy) is 1. The summed E-state index contributed by atoms with van der Waals surface area (Å²) < 4.78 is 5.26. The average Bonchev–Trinajstić information content (AvgIpc) is 2.68. The molecule has 0 radical (unpaired) electrons. The normalized spacial score (nSPS) is 14.2. The molecule has 3 N–H and O–H groups in total. The molecule has 1 aliphatic rings. The van der Waals surface area contributed by atoms with Gasteiger partial charge in [-0.25, -0.2) is 0 Å². The fourth-order valence-electron chi connectivity index (χ4n) is 3.18. The Balaban J connectivity index is 0.00000261. The molecule has 1 fully saturated rings. The van der Waals surface area contributed by atoms with Gasteiger partial charge in [-0.15, -0.1) is 12.4 Å². The van der Waals surface area contributed by atoms with Gasteiger partial charge >= 0.3 is 0 Å². The van der Waals surface area contributed by atoms with Gasteiger partial charge in [0.05, 0.1) is 12.8 Å². The molecule has 144 valence electrons. The van der Waals surface area contributed by atoms with Crippen LogP contribution in [0.5, 0.6) is 5.75 Å². The fourth-order valence-corrected chi connectivity index (χ4v) is 3.18. The Morgan fingerprint density at radius 2 is 1.81 bits per heavy atom. The van der Waals surface area contributed by atoms with Crippen LogP contribution in [0.1, 0.15) is 23.2 Å². The van der Waals surface area contributed by atoms with E-state index in [-0.39, 0.29) is 30.1 Å². The van der Waals surface area contributed by atoms with E-state index in [2.05, 4.69) is 5.32 Å². The Morgan fingerprint density at radius 3 is 2.48 bits per heavy atom. The van der Waals surface area contributed by atoms with Crippen LogP contribution >= 0.6 is 12.4 Å². The number of nitrogens with two attached hydrogens (primary N) is 1. The van der Waals surface area contributed by atoms with Crippen molar-refractivity contribution in [2.75, 3.05) is 31.2 Å². The van der Waals surface area contributed by atoms with Crippen LogP contribution in [0.4, 0.5) is 11.4 Å². The molecular formula is C20H24ClN3O3. The highest BCUT2D eigenvalue weighted by atomic mass is 35.5. The second-order valence-corrected chi connectivity index (χ2v) is 6.38. The molecule has 1 saturated heterocycles. The minimum atomic E-state index is -0.121. The van der Waals surface area contributed by atoms with Gasteiger partial charge in [-0.3, -0.25) is 9.59 Å². The van der Waals surface area contributed by atoms with E-state index in [1.165, 1.54) is 0 Å². The average molecular weight is 390 g/mol. The molecule has 0 unspecified atom stereocenters. The first kappa shape index (κ1) is 20.6. The Morgan fingerprint density at radius 1 is 1.11 bits per heavy atom. The van der Waals surface area contributed by atoms with Gasteiger partial charge in [-0.05, 0) is 43.2 Å². The molecule has 1 heterocycles. The summed E-state index contributed by atoms with van der Waals surface area (Å²) in [6.07, 6.45) is 1.27. The third-order valence-electron chi connectivity index (χ3n) is 4.65. The number of methoxy groups -OCH3 is 1. The smallest absolute Gasteiger partial charge is 0.253 e. The Kier molecular flexibility index (Phi) is 7.07. The molecule has 0 saturated carbocycles. The van der Waals surface area contributed by atoms with Gasteiger partial charge in [0.25, 0.3) is 5.91 Å². The SMILES string of the molecule is COc1ccccc1NC(=O)C1CCN(C(=O)c2cccc(N)c2)CC1.Cl. The summed E-state index contributed by atoms with van der Waals surface area (Å²) in [7, 11) is 1.57. The van der Waals surface area contributed by atoms with Gasteiger partial charge in [-0.1, -0.05) is 18.2 Å². The third kappa shape index (κ3) is 4.92. The van der Waals surface area contributed by atoms with E-state index >= 15 is 0 Å². The first-order valence-corrected chi connectivity index (χ1v) is 8.67. The maximum Gasteiger partial charge on any atom is 0.253 e. The first-order valence-electron chi connectivity index (χ1n) is 8.67. The molecule has 0 aliphatic carbocycles. The van der Waals surface area contributed by atoms with Crippen LogP contribution in [0.25, 0.3) is 0 Å². The van der Waals surface area contributed by atoms with Gasteiger partial charge < -0.3 is 20.7 Å². The molecule has 0 aromatic heterocycles. The maximum atomic E-state index is 12.6. The van der Waals surface area contributed by atoms with Crippen molar-refractivity contribution in [1.82, 2.24) is 4.90 Å². The highest BCUT2D eigenvalue weighted by Crippen LogP contribution is 2.26. The number of nitrogen functional groups attached to an aromatic ring is 1. The van der Waals surface area contributed by atoms with E-state index in [9.17, 15) is 9.59 Å². The zero-order valence-corrected chi connectivity index (χ0v) is 16.0. The number of rotatable bonds is 4. The first-order chi connectivity index (χ1) is 12.6. The highest BCUT2D eigenvalue weighted by Gasteiger charge is 2.28. The number of likely N-dealkylation sites (tertiary alicyclic amines) is 1. The lowest BCUT2D eigenvalue weighted by atomic mass is 9.95. The summed E-state index contributed by atoms with van der Waals surface area (Å²) in [5.41, 5.74) is 7.57. The molecule has 2 aromatic rings. The summed E-state index contributed by atoms with van der Waals surface area (Å²) >= 11 is 0. The second kappa shape index (κ2) is 9.28. The van der Waals surface area contributed by atoms with Crippen LogP contribution in [0.2, 0.25) is 0 Å². The molecule has 2 amide bonds. The second-order valence-electron chi connectivity index (χ2n) is 6.38. The van der Waals surface area contributed by atoms with Crippen molar-refractivity contribution in [2.24, 2.45) is 5.92 Å². The van der Waals surface area contributed by atoms with Crippen LogP contribution in [-0.2, 0) is 4.79 Å². The number of carbonyl (C=O) groups is 2. The molecular weight excluding hydrogens is 366 g/mol. The summed E-state index contributed by atoms with van der Waals surface area (Å²) in [4.78, 5) is 26.9. The Bertz CT molecular complexity index is 805. The van der Waals surface area contributed by atoms with Gasteiger partial charge in [0.1, 0.15) is 5.75 Å². The van der Waals surface area contributed by atoms with Gasteiger partial charge in [-0.2, -0.15) is 0 Å². The minimum absolute atomic E-state index is 0. The van der Waals surface area contributed by atoms with Crippen molar-refractivity contribution in [3.8, 4) is 5.75 Å². The Hall–Kier alpha value is -2.73. The molecule has 6 nitrogen and oxygen atoms in total. The lowest BCUT2D eigenvalue weighted by Crippen LogP contribution is -2.41. The fraction of sp³-hybridized carbons (Fsp3) is 0.300. The van der Waals surface area contributed by atoms with Crippen molar-refractivity contribution >= 4 is 35.6 Å². The van der Waals surface area contributed by atoms with Crippen LogP contribution in [-0.4, -0.2) is 36.9 Å². The van der Waals surface area contributed by atoms with Crippen molar-refractivity contribution in [2.45, 2.75) is 12.8 Å². The molecule has 0 spiro atoms. The zero-order valence-electron chi connectivity index (χ0n) is 15.2. The van der Waals surface area contributed by atoms with Crippen LogP contribution < -0.4 is 15.8 Å². The number of anilines is 2. The van der Waals surface area contributed by atoms with Crippen molar-refractivity contribution in [3.63, 3.8) is 0 Å². The van der Waals surface area contributed by atoms with Crippen LogP contribution in [0, 0.1) is 5.92 Å². The predicted molar refractivity (Wildman–Crippen MR) is 108 cm³/mol. The van der Waals surface area contributed by atoms with E-state index in [0.29, 0.717) is 48.6 Å². The molecule has 0 bridgehead atoms. The topological polar surface area (TPSA) is 84.7 Å². The molecule has 0 atom stereocenters. The summed E-state index contributed by atoms with van der Waals surface area (Å²) in [5, 5.41) is 2.93. The molecule has 2 aromatic carbocycles. The van der Waals surface area contributed by atoms with Crippen molar-refractivity contribution in [1.29, 1.82) is 0 Å². The molecule has 3 rings (SSSR count). The molecule has 1 aliphatic heterocycles. The number of para-hydroxylation sites is 2. The third-order valence-corrected chi connectivity index (χ3v) is 4.65. The monoisotopic (exact) mass is 389 g/mol. The number of amides is 2. The number of carbonyl (C=O) groups excluding carboxylic acids is 2. The number of halogens is 1. The quantitative estimate of drug-likeness (QED) is 0.786. The maximum absolute atomic E-state index is 12.6. The lowest BCUT2D eigenvalue weighted by Gasteiger charge is -2.31. The minimum Gasteiger partial charge on any atom is -0.495 e. The standard InChI is InChI=1S/C20H23N3O3.ClH/c1-26-18-8-3-2-7-17(18)22-19(24)14-9-11-23(12-10-14)20(25)15-5-4-6-16(21)13-15;/h2-8,13-14H,9-12,21H2,1H3,(H,22,24);1H. The number of piperidine rings is 1. The molecule has 7 heteroatoms. The summed E-state index contributed by atoms with van der Waals surface area (Å²) in [6, 6.07) is 14.3. The van der Waals surface area contributed by atoms with E-state index in [4.69, 9.17) is 10.5 Å². The number of nitrogens with one attached hydrogen (secondary N) is 1. The molecule has 27 heavy (non-hydrogen) atoms. The van der Waals surface area contributed by atoms with E-state index in [0.717, 1.165) is 0 Å². The Labute approximate surface area is 165 Å². The van der Waals surface area contributed by atoms with Crippen molar-refractivity contribution in [3.05, 3.63) is 54.1 Å². The summed E-state index contributed by atoms with van der Waals surface area (Å²) in [6.45, 7) is 1.11. The largest absolute Gasteiger partial charge is 0.495 e. The van der Waals surface area contributed by atoms with Gasteiger partial charge in [0, 0.05) is 30.3 Å². The van der Waals surface area contributed by atoms with Crippen LogP contribution in [0.3, 0.4) is 0 Å². The number of hydrogen-bond acceptors (Lipinski definition) is 4. The summed E-state index contributed by atoms with van der Waals surface area (Å²) in [5.74, 6) is 0.436. The van der Waals surface area contributed by atoms with E-state index in [1.807, 2.05) is 24.3 Å². The van der Waals surface area contributed by atoms with Crippen molar-refractivity contribution < 1.29 is 14.3 Å². The predicted octanol–water partition coefficient (Wildman–Crippen LogP) is 3.19. The van der Waals surface area contributed by atoms with Gasteiger partial charge in [0.2, 0.25) is 5.91 Å². The number of benzene rings is 2. The van der Waals surface area contributed by atoms with Crippen LogP contribution in [0.15, 0.2) is 48.5 Å². The number of nitrogens with zero attached hydrogens (tertiary/aromatic N) is 1. The lowest BCUT2D eigenvalue weighted by molar-refractivity contribution is -0.121. The highest BCUT2D eigenvalue weighted by molar-refractivity contribution is 5.96.